The first-order valence-electron chi connectivity index (χ1n) is 11.5. The van der Waals surface area contributed by atoms with E-state index < -0.39 is 23.2 Å². The van der Waals surface area contributed by atoms with Gasteiger partial charge in [0.25, 0.3) is 5.56 Å². The molecule has 190 valence electrons. The van der Waals surface area contributed by atoms with E-state index in [0.29, 0.717) is 24.3 Å². The van der Waals surface area contributed by atoms with E-state index in [9.17, 15) is 19.5 Å². The monoisotopic (exact) mass is 494 g/mol. The van der Waals surface area contributed by atoms with Gasteiger partial charge in [0, 0.05) is 25.1 Å². The van der Waals surface area contributed by atoms with Crippen LogP contribution in [0.15, 0.2) is 59.5 Å². The lowest BCUT2D eigenvalue weighted by atomic mass is 9.87. The second kappa shape index (κ2) is 12.4. The van der Waals surface area contributed by atoms with Gasteiger partial charge in [0.05, 0.1) is 26.4 Å². The molecule has 0 saturated heterocycles. The Hall–Kier alpha value is -4.27. The molecule has 9 nitrogen and oxygen atoms in total. The molecule has 1 amide bonds. The lowest BCUT2D eigenvalue weighted by Gasteiger charge is -2.19. The molecule has 0 saturated carbocycles. The zero-order valence-corrected chi connectivity index (χ0v) is 20.5. The molecule has 2 aromatic carbocycles. The van der Waals surface area contributed by atoms with Crippen LogP contribution in [0.25, 0.3) is 0 Å². The first-order chi connectivity index (χ1) is 17.4. The molecule has 9 heteroatoms. The van der Waals surface area contributed by atoms with Crippen LogP contribution in [0.5, 0.6) is 17.2 Å². The van der Waals surface area contributed by atoms with Crippen molar-refractivity contribution >= 4 is 11.9 Å². The highest BCUT2D eigenvalue weighted by atomic mass is 16.5. The summed E-state index contributed by atoms with van der Waals surface area (Å²) in [6.45, 7) is 2.12. The van der Waals surface area contributed by atoms with Gasteiger partial charge in [-0.1, -0.05) is 24.3 Å². The van der Waals surface area contributed by atoms with Crippen molar-refractivity contribution in [1.29, 1.82) is 0 Å². The second-order valence-corrected chi connectivity index (χ2v) is 7.99. The maximum Gasteiger partial charge on any atom is 0.343 e. The van der Waals surface area contributed by atoms with Crippen molar-refractivity contribution in [2.24, 2.45) is 0 Å². The Kier molecular flexibility index (Phi) is 9.10. The fourth-order valence-electron chi connectivity index (χ4n) is 3.84. The molecule has 0 aliphatic rings. The number of H-pyrrole nitrogens is 1. The number of ether oxygens (including phenoxy) is 3. The van der Waals surface area contributed by atoms with E-state index in [1.807, 2.05) is 24.3 Å². The van der Waals surface area contributed by atoms with Gasteiger partial charge in [-0.05, 0) is 48.7 Å². The summed E-state index contributed by atoms with van der Waals surface area (Å²) in [4.78, 5) is 40.5. The number of methoxy groups -OCH3 is 2. The number of amides is 1. The molecule has 3 rings (SSSR count). The highest BCUT2D eigenvalue weighted by Crippen LogP contribution is 2.34. The molecule has 1 aromatic heterocycles. The molecule has 36 heavy (non-hydrogen) atoms. The molecular weight excluding hydrogens is 464 g/mol. The van der Waals surface area contributed by atoms with Crippen LogP contribution in [-0.4, -0.2) is 49.3 Å². The summed E-state index contributed by atoms with van der Waals surface area (Å²) in [5.74, 6) is -1.08. The van der Waals surface area contributed by atoms with Crippen LogP contribution < -0.4 is 20.3 Å². The van der Waals surface area contributed by atoms with Crippen molar-refractivity contribution in [2.45, 2.75) is 25.7 Å². The summed E-state index contributed by atoms with van der Waals surface area (Å²) >= 11 is 0. The third kappa shape index (κ3) is 6.44. The number of aromatic amines is 1. The van der Waals surface area contributed by atoms with Gasteiger partial charge in [0.1, 0.15) is 22.8 Å². The predicted molar refractivity (Wildman–Crippen MR) is 134 cm³/mol. The summed E-state index contributed by atoms with van der Waals surface area (Å²) in [6, 6.07) is 14.4. The van der Waals surface area contributed by atoms with Crippen molar-refractivity contribution in [3.63, 3.8) is 0 Å². The quantitative estimate of drug-likeness (QED) is 0.350. The Morgan fingerprint density at radius 3 is 2.19 bits per heavy atom. The Labute approximate surface area is 209 Å². The third-order valence-corrected chi connectivity index (χ3v) is 5.75. The predicted octanol–water partition coefficient (Wildman–Crippen LogP) is 3.16. The number of pyridine rings is 1. The van der Waals surface area contributed by atoms with Crippen LogP contribution in [0.2, 0.25) is 0 Å². The fourth-order valence-corrected chi connectivity index (χ4v) is 3.84. The van der Waals surface area contributed by atoms with Gasteiger partial charge in [-0.15, -0.1) is 0 Å². The number of esters is 1. The van der Waals surface area contributed by atoms with E-state index in [1.54, 1.807) is 38.3 Å². The zero-order valence-electron chi connectivity index (χ0n) is 20.5. The maximum atomic E-state index is 12.9. The zero-order chi connectivity index (χ0) is 26.1. The van der Waals surface area contributed by atoms with Gasteiger partial charge in [0.2, 0.25) is 5.91 Å². The molecule has 0 unspecified atom stereocenters. The minimum Gasteiger partial charge on any atom is -0.506 e. The third-order valence-electron chi connectivity index (χ3n) is 5.75. The minimum atomic E-state index is -0.824. The van der Waals surface area contributed by atoms with E-state index in [2.05, 4.69) is 10.3 Å². The van der Waals surface area contributed by atoms with Crippen molar-refractivity contribution in [2.75, 3.05) is 27.4 Å². The normalized spacial score (nSPS) is 11.4. The lowest BCUT2D eigenvalue weighted by Crippen LogP contribution is -2.29. The standard InChI is InChI=1S/C27H30N2O7/c1-4-36-27(33)22-16-29-26(32)24(25(22)31)21(18-7-11-20(35-3)12-8-18)15-23(30)28-14-13-17-5-9-19(34-2)10-6-17/h5-12,16,21H,4,13-15H2,1-3H3,(H,28,30)(H2,29,31,32)/t21-/m1/s1. The smallest absolute Gasteiger partial charge is 0.343 e. The molecule has 0 aliphatic carbocycles. The Morgan fingerprint density at radius 1 is 1.00 bits per heavy atom. The number of nitrogens with one attached hydrogen (secondary N) is 2. The number of hydrogen-bond donors (Lipinski definition) is 3. The van der Waals surface area contributed by atoms with Crippen LogP contribution in [0.3, 0.4) is 0 Å². The number of benzene rings is 2. The second-order valence-electron chi connectivity index (χ2n) is 7.99. The number of aromatic nitrogens is 1. The van der Waals surface area contributed by atoms with Gasteiger partial charge >= 0.3 is 5.97 Å². The van der Waals surface area contributed by atoms with Gasteiger partial charge < -0.3 is 29.6 Å². The highest BCUT2D eigenvalue weighted by Gasteiger charge is 2.28. The average molecular weight is 495 g/mol. The highest BCUT2D eigenvalue weighted by molar-refractivity contribution is 5.92. The number of carbonyl (C=O) groups excluding carboxylic acids is 2. The summed E-state index contributed by atoms with van der Waals surface area (Å²) in [7, 11) is 3.13. The van der Waals surface area contributed by atoms with E-state index in [-0.39, 0.29) is 30.1 Å². The van der Waals surface area contributed by atoms with Crippen molar-refractivity contribution in [3.8, 4) is 17.2 Å². The summed E-state index contributed by atoms with van der Waals surface area (Å²) in [5.41, 5.74) is 0.759. The largest absolute Gasteiger partial charge is 0.506 e. The van der Waals surface area contributed by atoms with Gasteiger partial charge in [-0.25, -0.2) is 4.79 Å². The average Bonchev–Trinajstić information content (AvgIpc) is 2.88. The lowest BCUT2D eigenvalue weighted by molar-refractivity contribution is -0.121. The van der Waals surface area contributed by atoms with E-state index >= 15 is 0 Å². The molecule has 0 bridgehead atoms. The van der Waals surface area contributed by atoms with Gasteiger partial charge in [-0.3, -0.25) is 9.59 Å². The van der Waals surface area contributed by atoms with Gasteiger partial charge in [0.15, 0.2) is 0 Å². The van der Waals surface area contributed by atoms with Crippen LogP contribution in [0.4, 0.5) is 0 Å². The molecule has 3 aromatic rings. The van der Waals surface area contributed by atoms with Crippen molar-refractivity contribution in [1.82, 2.24) is 10.3 Å². The Bertz CT molecular complexity index is 1230. The topological polar surface area (TPSA) is 127 Å². The summed E-state index contributed by atoms with van der Waals surface area (Å²) < 4.78 is 15.3. The molecule has 0 radical (unpaired) electrons. The molecule has 0 spiro atoms. The Morgan fingerprint density at radius 2 is 1.61 bits per heavy atom. The van der Waals surface area contributed by atoms with E-state index in [4.69, 9.17) is 14.2 Å². The first-order valence-corrected chi connectivity index (χ1v) is 11.5. The fraction of sp³-hybridized carbons (Fsp3) is 0.296. The minimum absolute atomic E-state index is 0.0870. The van der Waals surface area contributed by atoms with E-state index in [1.165, 1.54) is 7.11 Å². The van der Waals surface area contributed by atoms with Crippen LogP contribution >= 0.6 is 0 Å². The van der Waals surface area contributed by atoms with Crippen LogP contribution in [0, 0.1) is 0 Å². The van der Waals surface area contributed by atoms with Crippen LogP contribution in [-0.2, 0) is 16.0 Å². The van der Waals surface area contributed by atoms with Crippen molar-refractivity contribution in [3.05, 3.63) is 87.3 Å². The molecule has 3 N–H and O–H groups in total. The summed E-state index contributed by atoms with van der Waals surface area (Å²) in [5, 5.41) is 13.8. The maximum absolute atomic E-state index is 12.9. The number of aromatic hydroxyl groups is 1. The number of carbonyl (C=O) groups is 2. The van der Waals surface area contributed by atoms with Gasteiger partial charge in [-0.2, -0.15) is 0 Å². The van der Waals surface area contributed by atoms with Crippen molar-refractivity contribution < 1.29 is 28.9 Å². The van der Waals surface area contributed by atoms with E-state index in [0.717, 1.165) is 17.5 Å². The number of rotatable bonds is 11. The SMILES string of the molecule is CCOC(=O)c1c[nH]c(=O)c([C@H](CC(=O)NCCc2ccc(OC)cc2)c2ccc(OC)cc2)c1O. The molecule has 0 fully saturated rings. The first kappa shape index (κ1) is 26.3. The molecule has 0 aliphatic heterocycles. The molecular formula is C27H30N2O7. The number of hydrogen-bond acceptors (Lipinski definition) is 7. The molecule has 1 heterocycles. The Balaban J connectivity index is 1.85. The molecule has 1 atom stereocenters. The van der Waals surface area contributed by atoms with Crippen LogP contribution in [0.1, 0.15) is 46.3 Å². The summed E-state index contributed by atoms with van der Waals surface area (Å²) in [6.07, 6.45) is 1.59.